The average molecular weight is 290 g/mol. The van der Waals surface area contributed by atoms with Crippen molar-refractivity contribution in [2.45, 2.75) is 64.3 Å². The van der Waals surface area contributed by atoms with Crippen LogP contribution in [-0.2, 0) is 11.3 Å². The van der Waals surface area contributed by atoms with Crippen LogP contribution >= 0.6 is 0 Å². The Morgan fingerprint density at radius 3 is 2.38 bits per heavy atom. The second-order valence-electron chi connectivity index (χ2n) is 7.28. The summed E-state index contributed by atoms with van der Waals surface area (Å²) in [5, 5.41) is 0. The Hall–Kier alpha value is -0.900. The Balaban J connectivity index is 2.15. The molecule has 1 fully saturated rings. The fraction of sp³-hybridized carbons (Fsp3) is 0.667. The molecule has 21 heavy (non-hydrogen) atoms. The molecule has 1 atom stereocenters. The molecule has 0 bridgehead atoms. The van der Waals surface area contributed by atoms with Gasteiger partial charge in [-0.25, -0.2) is 0 Å². The molecule has 1 aliphatic rings. The van der Waals surface area contributed by atoms with Crippen LogP contribution < -0.4 is 5.73 Å². The molecule has 3 nitrogen and oxygen atoms in total. The van der Waals surface area contributed by atoms with E-state index in [1.807, 2.05) is 0 Å². The quantitative estimate of drug-likeness (QED) is 0.874. The zero-order valence-corrected chi connectivity index (χ0v) is 13.9. The topological polar surface area (TPSA) is 38.5 Å². The summed E-state index contributed by atoms with van der Waals surface area (Å²) >= 11 is 0. The van der Waals surface area contributed by atoms with E-state index >= 15 is 0 Å². The third-order valence-corrected chi connectivity index (χ3v) is 4.35. The molecule has 0 saturated carbocycles. The van der Waals surface area contributed by atoms with E-state index in [0.717, 1.165) is 32.5 Å². The first-order valence-corrected chi connectivity index (χ1v) is 8.02. The van der Waals surface area contributed by atoms with E-state index < -0.39 is 0 Å². The lowest BCUT2D eigenvalue weighted by Crippen LogP contribution is -2.46. The molecule has 0 radical (unpaired) electrons. The monoisotopic (exact) mass is 290 g/mol. The van der Waals surface area contributed by atoms with Crippen molar-refractivity contribution in [3.05, 3.63) is 35.9 Å². The summed E-state index contributed by atoms with van der Waals surface area (Å²) in [5.41, 5.74) is 6.92. The van der Waals surface area contributed by atoms with E-state index in [9.17, 15) is 0 Å². The Kier molecular flexibility index (Phi) is 5.07. The van der Waals surface area contributed by atoms with Gasteiger partial charge in [0.25, 0.3) is 0 Å². The summed E-state index contributed by atoms with van der Waals surface area (Å²) in [6.07, 6.45) is 2.09. The molecular formula is C18H30N2O. The predicted octanol–water partition coefficient (Wildman–Crippen LogP) is 3.18. The van der Waals surface area contributed by atoms with Crippen molar-refractivity contribution in [1.82, 2.24) is 4.90 Å². The molecule has 2 N–H and O–H groups in total. The summed E-state index contributed by atoms with van der Waals surface area (Å²) in [6.45, 7) is 11.5. The van der Waals surface area contributed by atoms with Crippen LogP contribution in [0.15, 0.2) is 30.3 Å². The summed E-state index contributed by atoms with van der Waals surface area (Å²) in [7, 11) is 0. The van der Waals surface area contributed by atoms with E-state index in [1.54, 1.807) is 0 Å². The van der Waals surface area contributed by atoms with Crippen LogP contribution in [0.4, 0.5) is 0 Å². The van der Waals surface area contributed by atoms with Gasteiger partial charge < -0.3 is 10.5 Å². The number of benzene rings is 1. The van der Waals surface area contributed by atoms with Gasteiger partial charge in [-0.2, -0.15) is 0 Å². The number of ether oxygens (including phenoxy) is 1. The number of hydrogen-bond donors (Lipinski definition) is 1. The van der Waals surface area contributed by atoms with Gasteiger partial charge in [0.1, 0.15) is 0 Å². The van der Waals surface area contributed by atoms with E-state index in [-0.39, 0.29) is 11.2 Å². The van der Waals surface area contributed by atoms with Gasteiger partial charge in [-0.1, -0.05) is 30.3 Å². The molecule has 1 saturated heterocycles. The number of nitrogens with two attached hydrogens (primary N) is 1. The largest absolute Gasteiger partial charge is 0.368 e. The first-order valence-electron chi connectivity index (χ1n) is 8.02. The standard InChI is InChI=1S/C18H30N2O/c1-17(2)13-16(18(3,4)21-17)20(12-8-11-19)14-15-9-6-5-7-10-15/h5-7,9-10,16H,8,11-14,19H2,1-4H3. The highest BCUT2D eigenvalue weighted by Crippen LogP contribution is 2.40. The maximum atomic E-state index is 6.27. The van der Waals surface area contributed by atoms with Crippen molar-refractivity contribution in [1.29, 1.82) is 0 Å². The van der Waals surface area contributed by atoms with Gasteiger partial charge in [0, 0.05) is 19.1 Å². The van der Waals surface area contributed by atoms with Gasteiger partial charge in [0.2, 0.25) is 0 Å². The van der Waals surface area contributed by atoms with Gasteiger partial charge in [0.05, 0.1) is 11.2 Å². The highest BCUT2D eigenvalue weighted by molar-refractivity contribution is 5.15. The second-order valence-corrected chi connectivity index (χ2v) is 7.28. The fourth-order valence-electron chi connectivity index (χ4n) is 3.56. The third kappa shape index (κ3) is 4.29. The Labute approximate surface area is 129 Å². The highest BCUT2D eigenvalue weighted by Gasteiger charge is 2.48. The van der Waals surface area contributed by atoms with Crippen molar-refractivity contribution >= 4 is 0 Å². The molecule has 3 heteroatoms. The lowest BCUT2D eigenvalue weighted by molar-refractivity contribution is -0.0813. The molecule has 0 aromatic heterocycles. The lowest BCUT2D eigenvalue weighted by atomic mass is 9.92. The summed E-state index contributed by atoms with van der Waals surface area (Å²) in [5.74, 6) is 0. The molecule has 1 aliphatic heterocycles. The van der Waals surface area contributed by atoms with Crippen molar-refractivity contribution in [2.75, 3.05) is 13.1 Å². The first-order chi connectivity index (χ1) is 9.84. The summed E-state index contributed by atoms with van der Waals surface area (Å²) in [6, 6.07) is 11.1. The maximum Gasteiger partial charge on any atom is 0.0789 e. The molecule has 1 aromatic carbocycles. The first kappa shape index (κ1) is 16.5. The van der Waals surface area contributed by atoms with E-state index in [4.69, 9.17) is 10.5 Å². The Morgan fingerprint density at radius 2 is 1.86 bits per heavy atom. The third-order valence-electron chi connectivity index (χ3n) is 4.35. The van der Waals surface area contributed by atoms with Crippen LogP contribution in [0.3, 0.4) is 0 Å². The maximum absolute atomic E-state index is 6.27. The van der Waals surface area contributed by atoms with Crippen LogP contribution in [0.2, 0.25) is 0 Å². The molecule has 1 aromatic rings. The van der Waals surface area contributed by atoms with E-state index in [0.29, 0.717) is 6.04 Å². The van der Waals surface area contributed by atoms with Crippen molar-refractivity contribution < 1.29 is 4.74 Å². The molecule has 0 amide bonds. The minimum atomic E-state index is -0.118. The molecule has 2 rings (SSSR count). The molecular weight excluding hydrogens is 260 g/mol. The number of hydrogen-bond acceptors (Lipinski definition) is 3. The van der Waals surface area contributed by atoms with Crippen molar-refractivity contribution in [2.24, 2.45) is 5.73 Å². The zero-order chi connectivity index (χ0) is 15.5. The SMILES string of the molecule is CC1(C)CC(N(CCCN)Cc2ccccc2)C(C)(C)O1. The lowest BCUT2D eigenvalue weighted by Gasteiger charge is -2.36. The van der Waals surface area contributed by atoms with Crippen LogP contribution in [0.25, 0.3) is 0 Å². The second kappa shape index (κ2) is 6.47. The van der Waals surface area contributed by atoms with Gasteiger partial charge in [-0.3, -0.25) is 4.90 Å². The summed E-state index contributed by atoms with van der Waals surface area (Å²) in [4.78, 5) is 2.55. The van der Waals surface area contributed by atoms with Crippen LogP contribution in [0, 0.1) is 0 Å². The van der Waals surface area contributed by atoms with Gasteiger partial charge in [-0.05, 0) is 52.6 Å². The minimum Gasteiger partial charge on any atom is -0.368 e. The number of rotatable bonds is 6. The number of nitrogens with zero attached hydrogens (tertiary/aromatic N) is 1. The summed E-state index contributed by atoms with van der Waals surface area (Å²) < 4.78 is 6.27. The van der Waals surface area contributed by atoms with Crippen molar-refractivity contribution in [3.63, 3.8) is 0 Å². The van der Waals surface area contributed by atoms with E-state index in [1.165, 1.54) is 5.56 Å². The molecule has 0 aliphatic carbocycles. The molecule has 1 heterocycles. The molecule has 0 spiro atoms. The van der Waals surface area contributed by atoms with Gasteiger partial charge in [0.15, 0.2) is 0 Å². The zero-order valence-electron chi connectivity index (χ0n) is 13.9. The Bertz CT molecular complexity index is 442. The van der Waals surface area contributed by atoms with Gasteiger partial charge in [-0.15, -0.1) is 0 Å². The van der Waals surface area contributed by atoms with Crippen LogP contribution in [-0.4, -0.2) is 35.2 Å². The molecule has 1 unspecified atom stereocenters. The average Bonchev–Trinajstić information content (AvgIpc) is 2.63. The van der Waals surface area contributed by atoms with E-state index in [2.05, 4.69) is 62.9 Å². The minimum absolute atomic E-state index is 0.0498. The smallest absolute Gasteiger partial charge is 0.0789 e. The molecule has 118 valence electrons. The normalized spacial score (nSPS) is 23.6. The fourth-order valence-corrected chi connectivity index (χ4v) is 3.56. The predicted molar refractivity (Wildman–Crippen MR) is 88.2 cm³/mol. The van der Waals surface area contributed by atoms with Crippen LogP contribution in [0.1, 0.15) is 46.1 Å². The van der Waals surface area contributed by atoms with Crippen molar-refractivity contribution in [3.8, 4) is 0 Å². The van der Waals surface area contributed by atoms with Crippen LogP contribution in [0.5, 0.6) is 0 Å². The van der Waals surface area contributed by atoms with Gasteiger partial charge >= 0.3 is 0 Å². The highest BCUT2D eigenvalue weighted by atomic mass is 16.5. The Morgan fingerprint density at radius 1 is 1.19 bits per heavy atom.